The molecule has 1 aliphatic heterocycles. The molecule has 0 aliphatic carbocycles. The Morgan fingerprint density at radius 3 is 2.41 bits per heavy atom. The van der Waals surface area contributed by atoms with Gasteiger partial charge in [-0.25, -0.2) is 4.99 Å². The maximum absolute atomic E-state index is 13.6. The monoisotopic (exact) mass is 470 g/mol. The maximum Gasteiger partial charge on any atom is 0.267 e. The van der Waals surface area contributed by atoms with Crippen LogP contribution < -0.4 is 9.47 Å². The van der Waals surface area contributed by atoms with Gasteiger partial charge < -0.3 is 9.47 Å². The largest absolute Gasteiger partial charge is 0.493 e. The molecular formula is C28H26N2O3S. The van der Waals surface area contributed by atoms with Crippen molar-refractivity contribution in [2.45, 2.75) is 13.0 Å². The average Bonchev–Trinajstić information content (AvgIpc) is 3.17. The second-order valence-corrected chi connectivity index (χ2v) is 8.62. The van der Waals surface area contributed by atoms with E-state index in [9.17, 15) is 4.79 Å². The van der Waals surface area contributed by atoms with Crippen molar-refractivity contribution >= 4 is 34.6 Å². The highest BCUT2D eigenvalue weighted by molar-refractivity contribution is 8.18. The first-order chi connectivity index (χ1) is 16.6. The van der Waals surface area contributed by atoms with Crippen LogP contribution in [0.3, 0.4) is 0 Å². The number of benzene rings is 3. The Labute approximate surface area is 204 Å². The third-order valence-electron chi connectivity index (χ3n) is 5.33. The van der Waals surface area contributed by atoms with Crippen LogP contribution in [-0.4, -0.2) is 29.7 Å². The van der Waals surface area contributed by atoms with Gasteiger partial charge in [-0.2, -0.15) is 0 Å². The lowest BCUT2D eigenvalue weighted by Crippen LogP contribution is -2.32. The van der Waals surface area contributed by atoms with Crippen LogP contribution in [0.4, 0.5) is 5.69 Å². The lowest BCUT2D eigenvalue weighted by atomic mass is 10.1. The summed E-state index contributed by atoms with van der Waals surface area (Å²) in [7, 11) is 1.59. The average molecular weight is 471 g/mol. The first-order valence-electron chi connectivity index (χ1n) is 10.9. The number of amides is 1. The number of para-hydroxylation sites is 1. The van der Waals surface area contributed by atoms with E-state index in [4.69, 9.17) is 14.5 Å². The van der Waals surface area contributed by atoms with Gasteiger partial charge in [-0.3, -0.25) is 9.69 Å². The predicted octanol–water partition coefficient (Wildman–Crippen LogP) is 6.63. The van der Waals surface area contributed by atoms with Crippen LogP contribution in [0, 0.1) is 0 Å². The summed E-state index contributed by atoms with van der Waals surface area (Å²) >= 11 is 1.37. The van der Waals surface area contributed by atoms with Gasteiger partial charge >= 0.3 is 0 Å². The van der Waals surface area contributed by atoms with Crippen molar-refractivity contribution in [3.05, 3.63) is 108 Å². The molecular weight excluding hydrogens is 444 g/mol. The van der Waals surface area contributed by atoms with Gasteiger partial charge in [0.25, 0.3) is 5.91 Å². The molecule has 1 fully saturated rings. The van der Waals surface area contributed by atoms with Crippen LogP contribution in [-0.2, 0) is 4.79 Å². The Kier molecular flexibility index (Phi) is 7.50. The number of methoxy groups -OCH3 is 1. The number of nitrogens with zero attached hydrogens (tertiary/aromatic N) is 2. The van der Waals surface area contributed by atoms with E-state index in [1.165, 1.54) is 11.8 Å². The zero-order chi connectivity index (χ0) is 23.9. The number of amidine groups is 1. The second kappa shape index (κ2) is 10.9. The van der Waals surface area contributed by atoms with Crippen LogP contribution in [0.2, 0.25) is 0 Å². The zero-order valence-corrected chi connectivity index (χ0v) is 20.0. The minimum absolute atomic E-state index is 0.0815. The van der Waals surface area contributed by atoms with E-state index >= 15 is 0 Å². The molecule has 6 heteroatoms. The molecule has 1 heterocycles. The lowest BCUT2D eigenvalue weighted by Gasteiger charge is -2.24. The fraction of sp³-hybridized carbons (Fsp3) is 0.143. The smallest absolute Gasteiger partial charge is 0.267 e. The number of rotatable bonds is 8. The zero-order valence-electron chi connectivity index (χ0n) is 19.2. The first kappa shape index (κ1) is 23.4. The molecule has 172 valence electrons. The van der Waals surface area contributed by atoms with Gasteiger partial charge in [0.05, 0.1) is 23.7 Å². The number of thioether (sulfide) groups is 1. The SMILES string of the molecule is C=CCOc1ccc(/C=C2/SC(=Nc3ccccc3)N([C@H](C)c3ccccc3)C2=O)cc1OC. The van der Waals surface area contributed by atoms with Crippen LogP contribution in [0.5, 0.6) is 11.5 Å². The molecule has 0 unspecified atom stereocenters. The summed E-state index contributed by atoms with van der Waals surface area (Å²) in [6, 6.07) is 25.1. The number of ether oxygens (including phenoxy) is 2. The van der Waals surface area contributed by atoms with E-state index < -0.39 is 0 Å². The van der Waals surface area contributed by atoms with Gasteiger partial charge in [-0.1, -0.05) is 67.3 Å². The molecule has 5 nitrogen and oxygen atoms in total. The Morgan fingerprint density at radius 2 is 1.74 bits per heavy atom. The molecule has 34 heavy (non-hydrogen) atoms. The van der Waals surface area contributed by atoms with E-state index in [1.54, 1.807) is 18.1 Å². The van der Waals surface area contributed by atoms with Crippen molar-refractivity contribution in [2.75, 3.05) is 13.7 Å². The summed E-state index contributed by atoms with van der Waals surface area (Å²) in [6.07, 6.45) is 3.55. The maximum atomic E-state index is 13.6. The third-order valence-corrected chi connectivity index (χ3v) is 6.31. The Hall–Kier alpha value is -3.77. The van der Waals surface area contributed by atoms with Crippen molar-refractivity contribution in [1.82, 2.24) is 4.90 Å². The molecule has 1 aliphatic rings. The summed E-state index contributed by atoms with van der Waals surface area (Å²) in [4.78, 5) is 20.7. The molecule has 1 amide bonds. The molecule has 1 saturated heterocycles. The van der Waals surface area contributed by atoms with E-state index in [-0.39, 0.29) is 11.9 Å². The van der Waals surface area contributed by atoms with Crippen molar-refractivity contribution in [3.63, 3.8) is 0 Å². The number of aliphatic imine (C=N–C) groups is 1. The molecule has 0 saturated carbocycles. The van der Waals surface area contributed by atoms with Gasteiger partial charge in [0.1, 0.15) is 6.61 Å². The molecule has 0 spiro atoms. The van der Waals surface area contributed by atoms with E-state index in [0.717, 1.165) is 16.8 Å². The molecule has 0 N–H and O–H groups in total. The molecule has 3 aromatic carbocycles. The summed E-state index contributed by atoms with van der Waals surface area (Å²) in [5.74, 6) is 1.14. The van der Waals surface area contributed by atoms with Crippen molar-refractivity contribution in [1.29, 1.82) is 0 Å². The Bertz CT molecular complexity index is 1220. The molecule has 1 atom stereocenters. The Balaban J connectivity index is 1.70. The standard InChI is InChI=1S/C28H26N2O3S/c1-4-17-33-24-16-15-21(18-25(24)32-3)19-26-27(31)30(20(2)22-11-7-5-8-12-22)28(34-26)29-23-13-9-6-10-14-23/h4-16,18-20H,1,17H2,2-3H3/b26-19+,29-28?/t20-/m1/s1. The highest BCUT2D eigenvalue weighted by atomic mass is 32.2. The van der Waals surface area contributed by atoms with Crippen molar-refractivity contribution in [2.24, 2.45) is 4.99 Å². The summed E-state index contributed by atoms with van der Waals surface area (Å²) in [5.41, 5.74) is 2.69. The fourth-order valence-corrected chi connectivity index (χ4v) is 4.66. The fourth-order valence-electron chi connectivity index (χ4n) is 3.59. The lowest BCUT2D eigenvalue weighted by molar-refractivity contribution is -0.123. The van der Waals surface area contributed by atoms with Gasteiger partial charge in [0, 0.05) is 0 Å². The molecule has 0 aromatic heterocycles. The van der Waals surface area contributed by atoms with Gasteiger partial charge in [-0.05, 0) is 60.2 Å². The van der Waals surface area contributed by atoms with E-state index in [1.807, 2.05) is 91.9 Å². The van der Waals surface area contributed by atoms with E-state index in [0.29, 0.717) is 28.2 Å². The van der Waals surface area contributed by atoms with Crippen molar-refractivity contribution in [3.8, 4) is 11.5 Å². The normalized spacial score (nSPS) is 16.6. The molecule has 0 bridgehead atoms. The first-order valence-corrected chi connectivity index (χ1v) is 11.8. The third kappa shape index (κ3) is 5.24. The molecule has 3 aromatic rings. The number of hydrogen-bond donors (Lipinski definition) is 0. The minimum atomic E-state index is -0.168. The van der Waals surface area contributed by atoms with Gasteiger partial charge in [0.15, 0.2) is 16.7 Å². The highest BCUT2D eigenvalue weighted by Crippen LogP contribution is 2.40. The summed E-state index contributed by atoms with van der Waals surface area (Å²) in [6.45, 7) is 6.08. The molecule has 0 radical (unpaired) electrons. The van der Waals surface area contributed by atoms with E-state index in [2.05, 4.69) is 6.58 Å². The van der Waals surface area contributed by atoms with Gasteiger partial charge in [-0.15, -0.1) is 0 Å². The molecule has 4 rings (SSSR count). The second-order valence-electron chi connectivity index (χ2n) is 7.61. The minimum Gasteiger partial charge on any atom is -0.493 e. The number of carbonyl (C=O) groups is 1. The van der Waals surface area contributed by atoms with Crippen molar-refractivity contribution < 1.29 is 14.3 Å². The topological polar surface area (TPSA) is 51.1 Å². The summed E-state index contributed by atoms with van der Waals surface area (Å²) in [5, 5.41) is 0.650. The number of carbonyl (C=O) groups excluding carboxylic acids is 1. The van der Waals surface area contributed by atoms with Crippen LogP contribution in [0.1, 0.15) is 24.1 Å². The van der Waals surface area contributed by atoms with Crippen LogP contribution in [0.15, 0.2) is 101 Å². The summed E-state index contributed by atoms with van der Waals surface area (Å²) < 4.78 is 11.1. The Morgan fingerprint density at radius 1 is 1.03 bits per heavy atom. The van der Waals surface area contributed by atoms with Crippen LogP contribution >= 0.6 is 11.8 Å². The van der Waals surface area contributed by atoms with Gasteiger partial charge in [0.2, 0.25) is 0 Å². The van der Waals surface area contributed by atoms with Crippen LogP contribution in [0.25, 0.3) is 6.08 Å². The highest BCUT2D eigenvalue weighted by Gasteiger charge is 2.37. The predicted molar refractivity (Wildman–Crippen MR) is 139 cm³/mol. The number of hydrogen-bond acceptors (Lipinski definition) is 5. The quantitative estimate of drug-likeness (QED) is 0.274.